The lowest BCUT2D eigenvalue weighted by Gasteiger charge is -1.99. The first-order valence-corrected chi connectivity index (χ1v) is 5.31. The highest BCUT2D eigenvalue weighted by Gasteiger charge is 2.05. The predicted octanol–water partition coefficient (Wildman–Crippen LogP) is 2.87. The van der Waals surface area contributed by atoms with Gasteiger partial charge in [0, 0.05) is 11.8 Å². The van der Waals surface area contributed by atoms with Crippen LogP contribution in [0.2, 0.25) is 0 Å². The minimum Gasteiger partial charge on any atom is -0.240 e. The molecule has 0 fully saturated rings. The lowest BCUT2D eigenvalue weighted by atomic mass is 10.1. The zero-order chi connectivity index (χ0) is 11.7. The molecule has 0 aliphatic carbocycles. The SMILES string of the molecule is N#Cc1cccc(-c2cnn3ccccc23)c1. The van der Waals surface area contributed by atoms with Gasteiger partial charge in [0.25, 0.3) is 0 Å². The second-order valence-corrected chi connectivity index (χ2v) is 3.78. The maximum Gasteiger partial charge on any atom is 0.0991 e. The van der Waals surface area contributed by atoms with Crippen molar-refractivity contribution in [2.75, 3.05) is 0 Å². The second kappa shape index (κ2) is 3.76. The topological polar surface area (TPSA) is 41.1 Å². The number of rotatable bonds is 1. The second-order valence-electron chi connectivity index (χ2n) is 3.78. The Morgan fingerprint density at radius 1 is 1.12 bits per heavy atom. The quantitative estimate of drug-likeness (QED) is 0.631. The third-order valence-corrected chi connectivity index (χ3v) is 2.73. The molecule has 3 nitrogen and oxygen atoms in total. The van der Waals surface area contributed by atoms with Gasteiger partial charge in [0.1, 0.15) is 0 Å². The Kier molecular flexibility index (Phi) is 2.13. The van der Waals surface area contributed by atoms with E-state index in [2.05, 4.69) is 11.2 Å². The third-order valence-electron chi connectivity index (χ3n) is 2.73. The molecule has 2 aromatic heterocycles. The van der Waals surface area contributed by atoms with Gasteiger partial charge in [-0.3, -0.25) is 0 Å². The van der Waals surface area contributed by atoms with Crippen LogP contribution in [0.15, 0.2) is 54.9 Å². The standard InChI is InChI=1S/C14H9N3/c15-9-11-4-3-5-12(8-11)13-10-16-17-7-2-1-6-14(13)17/h1-8,10H. The van der Waals surface area contributed by atoms with Crippen molar-refractivity contribution < 1.29 is 0 Å². The van der Waals surface area contributed by atoms with Crippen molar-refractivity contribution in [1.82, 2.24) is 9.61 Å². The summed E-state index contributed by atoms with van der Waals surface area (Å²) in [6, 6.07) is 15.6. The number of aromatic nitrogens is 2. The molecule has 80 valence electrons. The maximum atomic E-state index is 8.90. The fourth-order valence-corrected chi connectivity index (χ4v) is 1.91. The van der Waals surface area contributed by atoms with E-state index >= 15 is 0 Å². The first kappa shape index (κ1) is 9.61. The summed E-state index contributed by atoms with van der Waals surface area (Å²) in [6.07, 6.45) is 3.73. The molecule has 3 heteroatoms. The van der Waals surface area contributed by atoms with Gasteiger partial charge in [-0.2, -0.15) is 10.4 Å². The molecule has 0 unspecified atom stereocenters. The number of pyridine rings is 1. The van der Waals surface area contributed by atoms with E-state index < -0.39 is 0 Å². The molecule has 0 N–H and O–H groups in total. The van der Waals surface area contributed by atoms with E-state index in [0.29, 0.717) is 5.56 Å². The minimum absolute atomic E-state index is 0.665. The van der Waals surface area contributed by atoms with E-state index in [1.54, 1.807) is 6.07 Å². The number of benzene rings is 1. The molecule has 0 atom stereocenters. The normalized spacial score (nSPS) is 10.3. The molecular formula is C14H9N3. The highest BCUT2D eigenvalue weighted by molar-refractivity contribution is 5.80. The Morgan fingerprint density at radius 3 is 2.94 bits per heavy atom. The fraction of sp³-hybridized carbons (Fsp3) is 0. The average molecular weight is 219 g/mol. The van der Waals surface area contributed by atoms with Crippen molar-refractivity contribution in [2.45, 2.75) is 0 Å². The number of hydrogen-bond acceptors (Lipinski definition) is 2. The van der Waals surface area contributed by atoms with Crippen molar-refractivity contribution in [3.8, 4) is 17.2 Å². The zero-order valence-electron chi connectivity index (χ0n) is 9.04. The van der Waals surface area contributed by atoms with E-state index in [9.17, 15) is 0 Å². The van der Waals surface area contributed by atoms with Crippen LogP contribution in [0.4, 0.5) is 0 Å². The van der Waals surface area contributed by atoms with Crippen molar-refractivity contribution in [3.05, 3.63) is 60.4 Å². The van der Waals surface area contributed by atoms with Crippen molar-refractivity contribution in [2.24, 2.45) is 0 Å². The van der Waals surface area contributed by atoms with Crippen LogP contribution in [0.25, 0.3) is 16.6 Å². The van der Waals surface area contributed by atoms with Gasteiger partial charge in [-0.15, -0.1) is 0 Å². The predicted molar refractivity (Wildman–Crippen MR) is 65.3 cm³/mol. The van der Waals surface area contributed by atoms with Crippen LogP contribution in [0.3, 0.4) is 0 Å². The van der Waals surface area contributed by atoms with Crippen LogP contribution >= 0.6 is 0 Å². The smallest absolute Gasteiger partial charge is 0.0991 e. The van der Waals surface area contributed by atoms with Gasteiger partial charge in [0.15, 0.2) is 0 Å². The van der Waals surface area contributed by atoms with Gasteiger partial charge < -0.3 is 0 Å². The van der Waals surface area contributed by atoms with Crippen LogP contribution in [-0.2, 0) is 0 Å². The Bertz CT molecular complexity index is 719. The van der Waals surface area contributed by atoms with E-state index in [-0.39, 0.29) is 0 Å². The summed E-state index contributed by atoms with van der Waals surface area (Å²) in [6.45, 7) is 0. The molecule has 0 spiro atoms. The van der Waals surface area contributed by atoms with E-state index in [1.165, 1.54) is 0 Å². The number of nitrogens with zero attached hydrogens (tertiary/aromatic N) is 3. The Hall–Kier alpha value is -2.60. The molecule has 0 aliphatic heterocycles. The first-order valence-electron chi connectivity index (χ1n) is 5.31. The van der Waals surface area contributed by atoms with Crippen molar-refractivity contribution >= 4 is 5.52 Å². The molecule has 0 aliphatic rings. The number of fused-ring (bicyclic) bond motifs is 1. The fourth-order valence-electron chi connectivity index (χ4n) is 1.91. The van der Waals surface area contributed by atoms with Gasteiger partial charge in [-0.1, -0.05) is 18.2 Å². The van der Waals surface area contributed by atoms with Gasteiger partial charge in [0.2, 0.25) is 0 Å². The van der Waals surface area contributed by atoms with Crippen LogP contribution in [-0.4, -0.2) is 9.61 Å². The molecule has 0 bridgehead atoms. The summed E-state index contributed by atoms with van der Waals surface area (Å²) in [5.41, 5.74) is 3.77. The summed E-state index contributed by atoms with van der Waals surface area (Å²) in [7, 11) is 0. The largest absolute Gasteiger partial charge is 0.240 e. The number of nitriles is 1. The van der Waals surface area contributed by atoms with Gasteiger partial charge >= 0.3 is 0 Å². The van der Waals surface area contributed by atoms with Crippen LogP contribution in [0.1, 0.15) is 5.56 Å². The lowest BCUT2D eigenvalue weighted by molar-refractivity contribution is 0.961. The molecule has 0 amide bonds. The molecule has 0 saturated heterocycles. The molecule has 0 radical (unpaired) electrons. The van der Waals surface area contributed by atoms with Crippen molar-refractivity contribution in [3.63, 3.8) is 0 Å². The summed E-state index contributed by atoms with van der Waals surface area (Å²) in [4.78, 5) is 0. The molecule has 3 rings (SSSR count). The van der Waals surface area contributed by atoms with Crippen LogP contribution < -0.4 is 0 Å². The van der Waals surface area contributed by atoms with Crippen LogP contribution in [0.5, 0.6) is 0 Å². The van der Waals surface area contributed by atoms with E-state index in [4.69, 9.17) is 5.26 Å². The number of hydrogen-bond donors (Lipinski definition) is 0. The summed E-state index contributed by atoms with van der Waals surface area (Å²) in [5.74, 6) is 0. The van der Waals surface area contributed by atoms with Gasteiger partial charge in [0.05, 0.1) is 23.3 Å². The minimum atomic E-state index is 0.665. The van der Waals surface area contributed by atoms with Crippen LogP contribution in [0, 0.1) is 11.3 Å². The monoisotopic (exact) mass is 219 g/mol. The molecule has 0 saturated carbocycles. The Labute approximate surface area is 98.6 Å². The molecule has 1 aromatic carbocycles. The molecule has 17 heavy (non-hydrogen) atoms. The van der Waals surface area contributed by atoms with E-state index in [1.807, 2.05) is 53.3 Å². The Balaban J connectivity index is 2.24. The van der Waals surface area contributed by atoms with Crippen molar-refractivity contribution in [1.29, 1.82) is 5.26 Å². The Morgan fingerprint density at radius 2 is 2.06 bits per heavy atom. The summed E-state index contributed by atoms with van der Waals surface area (Å²) < 4.78 is 1.83. The summed E-state index contributed by atoms with van der Waals surface area (Å²) in [5, 5.41) is 13.2. The first-order chi connectivity index (χ1) is 8.38. The van der Waals surface area contributed by atoms with E-state index in [0.717, 1.165) is 16.6 Å². The van der Waals surface area contributed by atoms with Gasteiger partial charge in [-0.25, -0.2) is 4.52 Å². The lowest BCUT2D eigenvalue weighted by Crippen LogP contribution is -1.84. The van der Waals surface area contributed by atoms with Gasteiger partial charge in [-0.05, 0) is 29.8 Å². The maximum absolute atomic E-state index is 8.90. The highest BCUT2D eigenvalue weighted by Crippen LogP contribution is 2.24. The molecule has 3 aromatic rings. The average Bonchev–Trinajstić information content (AvgIpc) is 2.82. The third kappa shape index (κ3) is 1.56. The molecule has 2 heterocycles. The molecular weight excluding hydrogens is 210 g/mol. The highest BCUT2D eigenvalue weighted by atomic mass is 15.2. The summed E-state index contributed by atoms with van der Waals surface area (Å²) >= 11 is 0. The zero-order valence-corrected chi connectivity index (χ0v) is 9.04.